The van der Waals surface area contributed by atoms with Gasteiger partial charge in [0.2, 0.25) is 0 Å². The van der Waals surface area contributed by atoms with Gasteiger partial charge in [-0.2, -0.15) is 0 Å². The van der Waals surface area contributed by atoms with Crippen molar-refractivity contribution in [3.8, 4) is 0 Å². The van der Waals surface area contributed by atoms with E-state index in [0.29, 0.717) is 0 Å². The highest BCUT2D eigenvalue weighted by Gasteiger charge is 2.07. The van der Waals surface area contributed by atoms with Crippen LogP contribution in [0.1, 0.15) is 70.6 Å². The van der Waals surface area contributed by atoms with Crippen LogP contribution in [-0.2, 0) is 0 Å². The molecule has 15 heavy (non-hydrogen) atoms. The largest absolute Gasteiger partial charge is 0.393 e. The lowest BCUT2D eigenvalue weighted by Crippen LogP contribution is -2.09. The number of hydrogen-bond donors (Lipinski definition) is 2. The van der Waals surface area contributed by atoms with Crippen LogP contribution in [0.15, 0.2) is 0 Å². The molecular formula is C13H26O2. The van der Waals surface area contributed by atoms with Crippen molar-refractivity contribution in [1.82, 2.24) is 0 Å². The lowest BCUT2D eigenvalue weighted by molar-refractivity contribution is 0.130. The smallest absolute Gasteiger partial charge is 0.0540 e. The van der Waals surface area contributed by atoms with Gasteiger partial charge in [-0.1, -0.05) is 44.9 Å². The fourth-order valence-electron chi connectivity index (χ4n) is 2.34. The van der Waals surface area contributed by atoms with Gasteiger partial charge in [0.25, 0.3) is 0 Å². The Hall–Kier alpha value is -0.0800. The average molecular weight is 214 g/mol. The van der Waals surface area contributed by atoms with Crippen LogP contribution in [0, 0.1) is 0 Å². The molecule has 0 spiro atoms. The molecule has 0 bridgehead atoms. The van der Waals surface area contributed by atoms with E-state index in [0.717, 1.165) is 25.7 Å². The fourth-order valence-corrected chi connectivity index (χ4v) is 2.34. The molecule has 0 aromatic heterocycles. The molecule has 2 rings (SSSR count). The van der Waals surface area contributed by atoms with Gasteiger partial charge in [-0.15, -0.1) is 0 Å². The van der Waals surface area contributed by atoms with E-state index in [4.69, 9.17) is 10.2 Å². The summed E-state index contributed by atoms with van der Waals surface area (Å²) < 4.78 is 0. The van der Waals surface area contributed by atoms with E-state index >= 15 is 0 Å². The van der Waals surface area contributed by atoms with Crippen molar-refractivity contribution in [3.63, 3.8) is 0 Å². The molecule has 0 aromatic carbocycles. The second kappa shape index (κ2) is 8.12. The molecule has 2 aliphatic rings. The maximum absolute atomic E-state index is 9.09. The molecule has 0 saturated heterocycles. The minimum atomic E-state index is 0.0255. The van der Waals surface area contributed by atoms with Crippen LogP contribution in [0.3, 0.4) is 0 Å². The number of rotatable bonds is 0. The highest BCUT2D eigenvalue weighted by atomic mass is 16.3. The quantitative estimate of drug-likeness (QED) is 0.609. The average Bonchev–Trinajstić information content (AvgIpc) is 2.48. The minimum Gasteiger partial charge on any atom is -0.393 e. The summed E-state index contributed by atoms with van der Waals surface area (Å²) in [5.74, 6) is 0. The van der Waals surface area contributed by atoms with Crippen molar-refractivity contribution < 1.29 is 10.2 Å². The highest BCUT2D eigenvalue weighted by molar-refractivity contribution is 4.62. The van der Waals surface area contributed by atoms with Gasteiger partial charge in [-0.3, -0.25) is 0 Å². The third-order valence-corrected chi connectivity index (χ3v) is 3.40. The Morgan fingerprint density at radius 3 is 1.07 bits per heavy atom. The van der Waals surface area contributed by atoms with Crippen LogP contribution in [0.2, 0.25) is 0 Å². The van der Waals surface area contributed by atoms with E-state index in [-0.39, 0.29) is 12.2 Å². The van der Waals surface area contributed by atoms with Crippen molar-refractivity contribution in [2.45, 2.75) is 82.8 Å². The first-order valence-corrected chi connectivity index (χ1v) is 6.65. The molecule has 2 fully saturated rings. The molecule has 2 saturated carbocycles. The Balaban J connectivity index is 0.000000151. The molecule has 0 atom stereocenters. The summed E-state index contributed by atoms with van der Waals surface area (Å²) in [4.78, 5) is 0. The zero-order chi connectivity index (χ0) is 10.9. The second-order valence-corrected chi connectivity index (χ2v) is 4.94. The Bertz CT molecular complexity index is 133. The lowest BCUT2D eigenvalue weighted by Gasteiger charge is -2.14. The normalized spacial score (nSPS) is 25.2. The predicted octanol–water partition coefficient (Wildman–Crippen LogP) is 3.01. The van der Waals surface area contributed by atoms with E-state index in [1.165, 1.54) is 44.9 Å². The Morgan fingerprint density at radius 2 is 0.733 bits per heavy atom. The van der Waals surface area contributed by atoms with E-state index in [1.54, 1.807) is 0 Å². The third kappa shape index (κ3) is 6.91. The van der Waals surface area contributed by atoms with Crippen molar-refractivity contribution in [3.05, 3.63) is 0 Å². The van der Waals surface area contributed by atoms with Gasteiger partial charge < -0.3 is 10.2 Å². The summed E-state index contributed by atoms with van der Waals surface area (Å²) in [6.07, 6.45) is 13.2. The number of hydrogen-bond acceptors (Lipinski definition) is 2. The molecule has 0 unspecified atom stereocenters. The predicted molar refractivity (Wildman–Crippen MR) is 62.8 cm³/mol. The summed E-state index contributed by atoms with van der Waals surface area (Å²) in [6.45, 7) is 0. The molecule has 2 aliphatic carbocycles. The monoisotopic (exact) mass is 214 g/mol. The van der Waals surface area contributed by atoms with Gasteiger partial charge in [-0.25, -0.2) is 0 Å². The molecule has 2 heteroatoms. The number of aliphatic hydroxyl groups excluding tert-OH is 2. The zero-order valence-electron chi connectivity index (χ0n) is 9.83. The highest BCUT2D eigenvalue weighted by Crippen LogP contribution is 2.16. The van der Waals surface area contributed by atoms with Crippen molar-refractivity contribution in [2.75, 3.05) is 0 Å². The van der Waals surface area contributed by atoms with E-state index in [1.807, 2.05) is 0 Å². The Morgan fingerprint density at radius 1 is 0.467 bits per heavy atom. The first kappa shape index (κ1) is 13.0. The first-order chi connectivity index (χ1) is 7.29. The zero-order valence-corrected chi connectivity index (χ0v) is 9.83. The van der Waals surface area contributed by atoms with Crippen LogP contribution in [0.5, 0.6) is 0 Å². The van der Waals surface area contributed by atoms with Crippen molar-refractivity contribution in [2.24, 2.45) is 0 Å². The van der Waals surface area contributed by atoms with Gasteiger partial charge in [0, 0.05) is 0 Å². The standard InChI is InChI=1S/C7H14O.C6H12O/c8-7-5-3-1-2-4-6-7;7-6-4-2-1-3-5-6/h7-8H,1-6H2;6-7H,1-5H2. The topological polar surface area (TPSA) is 40.5 Å². The van der Waals surface area contributed by atoms with Crippen molar-refractivity contribution in [1.29, 1.82) is 0 Å². The van der Waals surface area contributed by atoms with Gasteiger partial charge in [0.15, 0.2) is 0 Å². The van der Waals surface area contributed by atoms with Crippen LogP contribution in [0.25, 0.3) is 0 Å². The van der Waals surface area contributed by atoms with Gasteiger partial charge in [0.1, 0.15) is 0 Å². The van der Waals surface area contributed by atoms with E-state index < -0.39 is 0 Å². The van der Waals surface area contributed by atoms with Gasteiger partial charge >= 0.3 is 0 Å². The van der Waals surface area contributed by atoms with Gasteiger partial charge in [-0.05, 0) is 25.7 Å². The molecule has 2 nitrogen and oxygen atoms in total. The molecule has 0 radical (unpaired) electrons. The number of aliphatic hydroxyl groups is 2. The van der Waals surface area contributed by atoms with Crippen LogP contribution in [-0.4, -0.2) is 22.4 Å². The second-order valence-electron chi connectivity index (χ2n) is 4.94. The van der Waals surface area contributed by atoms with Crippen LogP contribution in [0.4, 0.5) is 0 Å². The van der Waals surface area contributed by atoms with Crippen molar-refractivity contribution >= 4 is 0 Å². The molecular weight excluding hydrogens is 188 g/mol. The molecule has 0 heterocycles. The van der Waals surface area contributed by atoms with E-state index in [9.17, 15) is 0 Å². The summed E-state index contributed by atoms with van der Waals surface area (Å²) in [5.41, 5.74) is 0. The lowest BCUT2D eigenvalue weighted by atomic mass is 9.98. The maximum atomic E-state index is 9.09. The maximum Gasteiger partial charge on any atom is 0.0540 e. The molecule has 0 aromatic rings. The minimum absolute atomic E-state index is 0.0255. The molecule has 0 amide bonds. The summed E-state index contributed by atoms with van der Waals surface area (Å²) in [5, 5.41) is 18.0. The van der Waals surface area contributed by atoms with E-state index in [2.05, 4.69) is 0 Å². The Labute approximate surface area is 93.7 Å². The molecule has 90 valence electrons. The summed E-state index contributed by atoms with van der Waals surface area (Å²) in [7, 11) is 0. The first-order valence-electron chi connectivity index (χ1n) is 6.65. The van der Waals surface area contributed by atoms with Crippen LogP contribution < -0.4 is 0 Å². The third-order valence-electron chi connectivity index (χ3n) is 3.40. The SMILES string of the molecule is OC1CCCCC1.OC1CCCCCC1. The van der Waals surface area contributed by atoms with Crippen LogP contribution >= 0.6 is 0 Å². The van der Waals surface area contributed by atoms with Gasteiger partial charge in [0.05, 0.1) is 12.2 Å². The molecule has 0 aliphatic heterocycles. The summed E-state index contributed by atoms with van der Waals surface area (Å²) in [6, 6.07) is 0. The molecule has 2 N–H and O–H groups in total. The fraction of sp³-hybridized carbons (Fsp3) is 1.00. The Kier molecular flexibility index (Phi) is 7.03. The summed E-state index contributed by atoms with van der Waals surface area (Å²) >= 11 is 0.